The van der Waals surface area contributed by atoms with E-state index >= 15 is 0 Å². The van der Waals surface area contributed by atoms with E-state index in [1.165, 1.54) is 18.5 Å². The molecule has 1 N–H and O–H groups in total. The van der Waals surface area contributed by atoms with E-state index in [-0.39, 0.29) is 11.4 Å². The van der Waals surface area contributed by atoms with Crippen molar-refractivity contribution in [1.82, 2.24) is 14.7 Å². The Morgan fingerprint density at radius 2 is 1.67 bits per heavy atom. The van der Waals surface area contributed by atoms with Gasteiger partial charge in [-0.1, -0.05) is 30.3 Å². The molecule has 0 saturated carbocycles. The number of benzene rings is 2. The topological polar surface area (TPSA) is 72.0 Å². The standard InChI is InChI=1S/C17H14FN3O2S/c18-14-6-8-16(9-7-14)24(22,23)21-11-15-10-17(20-12-19-15)13-4-2-1-3-5-13/h1-10,12,21H,11H2. The van der Waals surface area contributed by atoms with Crippen LogP contribution in [0.25, 0.3) is 11.3 Å². The first-order valence-electron chi connectivity index (χ1n) is 7.16. The van der Waals surface area contributed by atoms with Crippen LogP contribution in [0, 0.1) is 5.82 Å². The first kappa shape index (κ1) is 16.2. The summed E-state index contributed by atoms with van der Waals surface area (Å²) in [4.78, 5) is 8.27. The summed E-state index contributed by atoms with van der Waals surface area (Å²) in [6, 6.07) is 15.9. The van der Waals surface area contributed by atoms with Crippen molar-refractivity contribution in [2.45, 2.75) is 11.4 Å². The molecule has 1 heterocycles. The molecule has 0 radical (unpaired) electrons. The van der Waals surface area contributed by atoms with E-state index in [1.54, 1.807) is 6.07 Å². The Kier molecular flexibility index (Phi) is 4.64. The highest BCUT2D eigenvalue weighted by Crippen LogP contribution is 2.16. The van der Waals surface area contributed by atoms with Crippen LogP contribution in [0.4, 0.5) is 4.39 Å². The fourth-order valence-corrected chi connectivity index (χ4v) is 3.13. The largest absolute Gasteiger partial charge is 0.240 e. The third-order valence-corrected chi connectivity index (χ3v) is 4.78. The molecular formula is C17H14FN3O2S. The first-order valence-corrected chi connectivity index (χ1v) is 8.64. The molecular weight excluding hydrogens is 329 g/mol. The lowest BCUT2D eigenvalue weighted by molar-refractivity contribution is 0.579. The van der Waals surface area contributed by atoms with Gasteiger partial charge in [0.25, 0.3) is 0 Å². The Bertz CT molecular complexity index is 930. The second kappa shape index (κ2) is 6.86. The van der Waals surface area contributed by atoms with Gasteiger partial charge < -0.3 is 0 Å². The van der Waals surface area contributed by atoms with Crippen LogP contribution < -0.4 is 4.72 Å². The highest BCUT2D eigenvalue weighted by Gasteiger charge is 2.14. The van der Waals surface area contributed by atoms with Crippen LogP contribution in [-0.4, -0.2) is 18.4 Å². The molecule has 0 fully saturated rings. The molecule has 0 unspecified atom stereocenters. The lowest BCUT2D eigenvalue weighted by Gasteiger charge is -2.07. The molecule has 0 aliphatic heterocycles. The van der Waals surface area contributed by atoms with E-state index in [4.69, 9.17) is 0 Å². The maximum atomic E-state index is 12.9. The maximum Gasteiger partial charge on any atom is 0.240 e. The first-order chi connectivity index (χ1) is 11.5. The van der Waals surface area contributed by atoms with Crippen LogP contribution in [-0.2, 0) is 16.6 Å². The Morgan fingerprint density at radius 3 is 2.38 bits per heavy atom. The van der Waals surface area contributed by atoms with E-state index < -0.39 is 15.8 Å². The number of nitrogens with one attached hydrogen (secondary N) is 1. The number of rotatable bonds is 5. The van der Waals surface area contributed by atoms with Crippen LogP contribution in [0.2, 0.25) is 0 Å². The summed E-state index contributed by atoms with van der Waals surface area (Å²) in [6.45, 7) is 0.0159. The monoisotopic (exact) mass is 343 g/mol. The second-order valence-electron chi connectivity index (χ2n) is 5.04. The SMILES string of the molecule is O=S(=O)(NCc1cc(-c2ccccc2)ncn1)c1ccc(F)cc1. The lowest BCUT2D eigenvalue weighted by Crippen LogP contribution is -2.23. The predicted molar refractivity (Wildman–Crippen MR) is 87.9 cm³/mol. The van der Waals surface area contributed by atoms with Crippen LogP contribution in [0.15, 0.2) is 71.9 Å². The summed E-state index contributed by atoms with van der Waals surface area (Å²) in [7, 11) is -3.73. The zero-order chi connectivity index (χ0) is 17.0. The molecule has 0 spiro atoms. The number of hydrogen-bond donors (Lipinski definition) is 1. The van der Waals surface area contributed by atoms with Crippen LogP contribution in [0.3, 0.4) is 0 Å². The number of nitrogens with zero attached hydrogens (tertiary/aromatic N) is 2. The van der Waals surface area contributed by atoms with Crippen LogP contribution in [0.1, 0.15) is 5.69 Å². The van der Waals surface area contributed by atoms with Gasteiger partial charge in [0.15, 0.2) is 0 Å². The minimum atomic E-state index is -3.73. The van der Waals surface area contributed by atoms with Crippen LogP contribution >= 0.6 is 0 Å². The van der Waals surface area contributed by atoms with Gasteiger partial charge in [0.2, 0.25) is 10.0 Å². The minimum Gasteiger partial charge on any atom is -0.240 e. The van der Waals surface area contributed by atoms with Gasteiger partial charge in [-0.2, -0.15) is 0 Å². The average molecular weight is 343 g/mol. The Morgan fingerprint density at radius 1 is 0.958 bits per heavy atom. The molecule has 1 aromatic heterocycles. The number of sulfonamides is 1. The molecule has 24 heavy (non-hydrogen) atoms. The van der Waals surface area contributed by atoms with Gasteiger partial charge in [-0.3, -0.25) is 0 Å². The molecule has 3 rings (SSSR count). The summed E-state index contributed by atoms with van der Waals surface area (Å²) in [5.41, 5.74) is 2.17. The Labute approximate surface area is 139 Å². The van der Waals surface area contributed by atoms with Gasteiger partial charge in [-0.15, -0.1) is 0 Å². The fourth-order valence-electron chi connectivity index (χ4n) is 2.13. The smallest absolute Gasteiger partial charge is 0.240 e. The number of hydrogen-bond acceptors (Lipinski definition) is 4. The highest BCUT2D eigenvalue weighted by molar-refractivity contribution is 7.89. The molecule has 0 amide bonds. The van der Waals surface area contributed by atoms with Gasteiger partial charge in [0.05, 0.1) is 22.8 Å². The maximum absolute atomic E-state index is 12.9. The Balaban J connectivity index is 1.76. The van der Waals surface area contributed by atoms with Crippen molar-refractivity contribution in [3.63, 3.8) is 0 Å². The lowest BCUT2D eigenvalue weighted by atomic mass is 10.1. The highest BCUT2D eigenvalue weighted by atomic mass is 32.2. The van der Waals surface area contributed by atoms with Crippen molar-refractivity contribution in [3.8, 4) is 11.3 Å². The van der Waals surface area contributed by atoms with E-state index in [0.29, 0.717) is 11.4 Å². The van der Waals surface area contributed by atoms with Crippen molar-refractivity contribution in [1.29, 1.82) is 0 Å². The van der Waals surface area contributed by atoms with Gasteiger partial charge in [-0.05, 0) is 30.3 Å². The van der Waals surface area contributed by atoms with Crippen molar-refractivity contribution in [2.75, 3.05) is 0 Å². The molecule has 122 valence electrons. The zero-order valence-electron chi connectivity index (χ0n) is 12.6. The molecule has 5 nitrogen and oxygen atoms in total. The molecule has 0 saturated heterocycles. The van der Waals surface area contributed by atoms with Gasteiger partial charge >= 0.3 is 0 Å². The molecule has 0 atom stereocenters. The summed E-state index contributed by atoms with van der Waals surface area (Å²) >= 11 is 0. The van der Waals surface area contributed by atoms with Gasteiger partial charge in [0, 0.05) is 5.56 Å². The normalized spacial score (nSPS) is 11.4. The third kappa shape index (κ3) is 3.81. The Hall–Kier alpha value is -2.64. The van der Waals surface area contributed by atoms with Gasteiger partial charge in [0.1, 0.15) is 12.1 Å². The zero-order valence-corrected chi connectivity index (χ0v) is 13.4. The van der Waals surface area contributed by atoms with E-state index in [1.807, 2.05) is 30.3 Å². The molecule has 0 bridgehead atoms. The predicted octanol–water partition coefficient (Wildman–Crippen LogP) is 2.76. The number of halogens is 1. The summed E-state index contributed by atoms with van der Waals surface area (Å²) in [5, 5.41) is 0. The van der Waals surface area contributed by atoms with Gasteiger partial charge in [-0.25, -0.2) is 27.5 Å². The quantitative estimate of drug-likeness (QED) is 0.773. The van der Waals surface area contributed by atoms with Crippen molar-refractivity contribution < 1.29 is 12.8 Å². The molecule has 0 aliphatic rings. The minimum absolute atomic E-state index is 0.00115. The van der Waals surface area contributed by atoms with Crippen LogP contribution in [0.5, 0.6) is 0 Å². The van der Waals surface area contributed by atoms with E-state index in [0.717, 1.165) is 17.7 Å². The van der Waals surface area contributed by atoms with Crippen molar-refractivity contribution in [2.24, 2.45) is 0 Å². The van der Waals surface area contributed by atoms with E-state index in [9.17, 15) is 12.8 Å². The van der Waals surface area contributed by atoms with Crippen molar-refractivity contribution in [3.05, 3.63) is 78.5 Å². The average Bonchev–Trinajstić information content (AvgIpc) is 2.61. The van der Waals surface area contributed by atoms with Crippen molar-refractivity contribution >= 4 is 10.0 Å². The van der Waals surface area contributed by atoms with E-state index in [2.05, 4.69) is 14.7 Å². The molecule has 2 aromatic carbocycles. The summed E-state index contributed by atoms with van der Waals surface area (Å²) in [6.07, 6.45) is 1.39. The summed E-state index contributed by atoms with van der Waals surface area (Å²) < 4.78 is 39.7. The molecule has 3 aromatic rings. The second-order valence-corrected chi connectivity index (χ2v) is 6.81. The third-order valence-electron chi connectivity index (χ3n) is 3.36. The fraction of sp³-hybridized carbons (Fsp3) is 0.0588. The molecule has 0 aliphatic carbocycles. The summed E-state index contributed by atoms with van der Waals surface area (Å²) in [5.74, 6) is -0.489. The number of aromatic nitrogens is 2. The molecule has 7 heteroatoms.